The van der Waals surface area contributed by atoms with Crippen LogP contribution in [0.4, 0.5) is 0 Å². The van der Waals surface area contributed by atoms with E-state index in [-0.39, 0.29) is 6.04 Å². The number of aryl methyl sites for hydroxylation is 3. The van der Waals surface area contributed by atoms with Crippen molar-refractivity contribution < 1.29 is 5.11 Å². The number of rotatable bonds is 4. The van der Waals surface area contributed by atoms with Crippen molar-refractivity contribution in [1.29, 1.82) is 0 Å². The van der Waals surface area contributed by atoms with Crippen molar-refractivity contribution in [2.75, 3.05) is 0 Å². The molecular formula is C18H23NO. The Kier molecular flexibility index (Phi) is 4.46. The van der Waals surface area contributed by atoms with Gasteiger partial charge in [-0.15, -0.1) is 0 Å². The zero-order valence-corrected chi connectivity index (χ0v) is 12.7. The molecule has 0 aliphatic heterocycles. The molecule has 0 aliphatic rings. The van der Waals surface area contributed by atoms with Crippen molar-refractivity contribution in [3.05, 3.63) is 64.2 Å². The largest absolute Gasteiger partial charge is 0.508 e. The van der Waals surface area contributed by atoms with E-state index in [0.29, 0.717) is 12.3 Å². The average molecular weight is 269 g/mol. The van der Waals surface area contributed by atoms with Crippen LogP contribution in [0.15, 0.2) is 36.4 Å². The molecule has 2 heteroatoms. The average Bonchev–Trinajstić information content (AvgIpc) is 2.36. The molecule has 106 valence electrons. The minimum absolute atomic E-state index is 0.259. The monoisotopic (exact) mass is 269 g/mol. The number of aromatic hydroxyl groups is 1. The molecule has 0 saturated carbocycles. The molecule has 1 unspecified atom stereocenters. The topological polar surface area (TPSA) is 32.3 Å². The fourth-order valence-electron chi connectivity index (χ4n) is 2.90. The lowest BCUT2D eigenvalue weighted by Gasteiger charge is -2.20. The summed E-state index contributed by atoms with van der Waals surface area (Å²) in [6.07, 6.45) is 0. The fraction of sp³-hybridized carbons (Fsp3) is 0.333. The van der Waals surface area contributed by atoms with E-state index < -0.39 is 0 Å². The highest BCUT2D eigenvalue weighted by atomic mass is 16.3. The molecule has 0 bridgehead atoms. The van der Waals surface area contributed by atoms with Crippen LogP contribution in [0.5, 0.6) is 5.75 Å². The van der Waals surface area contributed by atoms with Gasteiger partial charge >= 0.3 is 0 Å². The predicted molar refractivity (Wildman–Crippen MR) is 84.0 cm³/mol. The molecule has 0 spiro atoms. The van der Waals surface area contributed by atoms with Crippen LogP contribution in [0.1, 0.15) is 40.8 Å². The van der Waals surface area contributed by atoms with Gasteiger partial charge in [-0.3, -0.25) is 0 Å². The van der Waals surface area contributed by atoms with Gasteiger partial charge in [-0.25, -0.2) is 0 Å². The summed E-state index contributed by atoms with van der Waals surface area (Å²) in [5.74, 6) is 0.351. The van der Waals surface area contributed by atoms with Gasteiger partial charge in [0.1, 0.15) is 5.75 Å². The molecule has 2 aromatic rings. The zero-order valence-electron chi connectivity index (χ0n) is 12.7. The normalized spacial score (nSPS) is 12.4. The Balaban J connectivity index is 2.13. The molecule has 1 atom stereocenters. The van der Waals surface area contributed by atoms with Gasteiger partial charge in [-0.05, 0) is 50.5 Å². The predicted octanol–water partition coefficient (Wildman–Crippen LogP) is 4.17. The second-order valence-corrected chi connectivity index (χ2v) is 5.54. The maximum atomic E-state index is 9.80. The van der Waals surface area contributed by atoms with Crippen LogP contribution < -0.4 is 5.32 Å². The van der Waals surface area contributed by atoms with Crippen LogP contribution in [-0.2, 0) is 6.54 Å². The van der Waals surface area contributed by atoms with Crippen molar-refractivity contribution in [2.24, 2.45) is 0 Å². The molecular weight excluding hydrogens is 246 g/mol. The third-order valence-corrected chi connectivity index (χ3v) is 3.76. The molecule has 0 heterocycles. The first kappa shape index (κ1) is 14.6. The first-order valence-electron chi connectivity index (χ1n) is 7.07. The van der Waals surface area contributed by atoms with Gasteiger partial charge < -0.3 is 10.4 Å². The Morgan fingerprint density at radius 3 is 2.25 bits per heavy atom. The first-order valence-corrected chi connectivity index (χ1v) is 7.07. The molecule has 0 aromatic heterocycles. The second-order valence-electron chi connectivity index (χ2n) is 5.54. The van der Waals surface area contributed by atoms with Crippen molar-refractivity contribution in [3.63, 3.8) is 0 Å². The Hall–Kier alpha value is -1.80. The zero-order chi connectivity index (χ0) is 14.7. The lowest BCUT2D eigenvalue weighted by atomic mass is 9.95. The van der Waals surface area contributed by atoms with Crippen molar-refractivity contribution >= 4 is 0 Å². The summed E-state index contributed by atoms with van der Waals surface area (Å²) in [6, 6.07) is 12.2. The Labute approximate surface area is 121 Å². The van der Waals surface area contributed by atoms with Gasteiger partial charge in [0.25, 0.3) is 0 Å². The molecule has 2 nitrogen and oxygen atoms in total. The van der Waals surface area contributed by atoms with Crippen LogP contribution in [0.2, 0.25) is 0 Å². The Bertz CT molecular complexity index is 581. The number of phenolic OH excluding ortho intramolecular Hbond substituents is 1. The number of phenols is 1. The molecule has 2 N–H and O–H groups in total. The van der Waals surface area contributed by atoms with Crippen LogP contribution in [0.25, 0.3) is 0 Å². The van der Waals surface area contributed by atoms with E-state index >= 15 is 0 Å². The van der Waals surface area contributed by atoms with Gasteiger partial charge in [0, 0.05) is 18.2 Å². The lowest BCUT2D eigenvalue weighted by molar-refractivity contribution is 0.460. The van der Waals surface area contributed by atoms with E-state index in [4.69, 9.17) is 0 Å². The van der Waals surface area contributed by atoms with Crippen molar-refractivity contribution in [1.82, 2.24) is 5.32 Å². The minimum Gasteiger partial charge on any atom is -0.508 e. The first-order chi connectivity index (χ1) is 9.49. The quantitative estimate of drug-likeness (QED) is 0.873. The highest BCUT2D eigenvalue weighted by Crippen LogP contribution is 2.24. The van der Waals surface area contributed by atoms with E-state index in [1.54, 1.807) is 6.07 Å². The third-order valence-electron chi connectivity index (χ3n) is 3.76. The molecule has 0 amide bonds. The van der Waals surface area contributed by atoms with Crippen molar-refractivity contribution in [3.8, 4) is 5.75 Å². The SMILES string of the molecule is Cc1cc(C)c(C(C)NCc2ccccc2O)c(C)c1. The standard InChI is InChI=1S/C18H23NO/c1-12-9-13(2)18(14(3)10-12)15(4)19-11-16-7-5-6-8-17(16)20/h5-10,15,19-20H,11H2,1-4H3. The van der Waals surface area contributed by atoms with Gasteiger partial charge in [0.2, 0.25) is 0 Å². The van der Waals surface area contributed by atoms with E-state index in [1.807, 2.05) is 18.2 Å². The molecule has 0 radical (unpaired) electrons. The lowest BCUT2D eigenvalue weighted by Crippen LogP contribution is -2.20. The maximum Gasteiger partial charge on any atom is 0.120 e. The summed E-state index contributed by atoms with van der Waals surface area (Å²) in [6.45, 7) is 9.29. The number of hydrogen-bond acceptors (Lipinski definition) is 2. The van der Waals surface area contributed by atoms with Gasteiger partial charge in [-0.1, -0.05) is 35.9 Å². The van der Waals surface area contributed by atoms with Crippen LogP contribution in [0.3, 0.4) is 0 Å². The van der Waals surface area contributed by atoms with Crippen LogP contribution in [-0.4, -0.2) is 5.11 Å². The van der Waals surface area contributed by atoms with Gasteiger partial charge in [0.05, 0.1) is 0 Å². The van der Waals surface area contributed by atoms with Gasteiger partial charge in [0.15, 0.2) is 0 Å². The highest BCUT2D eigenvalue weighted by molar-refractivity contribution is 5.39. The number of hydrogen-bond donors (Lipinski definition) is 2. The number of benzene rings is 2. The third kappa shape index (κ3) is 3.20. The van der Waals surface area contributed by atoms with Gasteiger partial charge in [-0.2, -0.15) is 0 Å². The van der Waals surface area contributed by atoms with E-state index in [2.05, 4.69) is 45.1 Å². The second kappa shape index (κ2) is 6.10. The number of nitrogens with one attached hydrogen (secondary N) is 1. The summed E-state index contributed by atoms with van der Waals surface area (Å²) in [5.41, 5.74) is 6.23. The Morgan fingerprint density at radius 1 is 1.05 bits per heavy atom. The minimum atomic E-state index is 0.259. The molecule has 0 saturated heterocycles. The summed E-state index contributed by atoms with van der Waals surface area (Å²) < 4.78 is 0. The van der Waals surface area contributed by atoms with Crippen LogP contribution in [0, 0.1) is 20.8 Å². The molecule has 0 aliphatic carbocycles. The summed E-state index contributed by atoms with van der Waals surface area (Å²) in [7, 11) is 0. The van der Waals surface area contributed by atoms with E-state index in [9.17, 15) is 5.11 Å². The highest BCUT2D eigenvalue weighted by Gasteiger charge is 2.12. The smallest absolute Gasteiger partial charge is 0.120 e. The maximum absolute atomic E-state index is 9.80. The summed E-state index contributed by atoms with van der Waals surface area (Å²) >= 11 is 0. The fourth-order valence-corrected chi connectivity index (χ4v) is 2.90. The Morgan fingerprint density at radius 2 is 1.65 bits per heavy atom. The number of para-hydroxylation sites is 1. The van der Waals surface area contributed by atoms with E-state index in [1.165, 1.54) is 22.3 Å². The van der Waals surface area contributed by atoms with Crippen molar-refractivity contribution in [2.45, 2.75) is 40.3 Å². The van der Waals surface area contributed by atoms with Crippen LogP contribution >= 0.6 is 0 Å². The van der Waals surface area contributed by atoms with E-state index in [0.717, 1.165) is 5.56 Å². The molecule has 2 rings (SSSR count). The molecule has 0 fully saturated rings. The summed E-state index contributed by atoms with van der Waals surface area (Å²) in [5, 5.41) is 13.3. The molecule has 2 aromatic carbocycles. The molecule has 20 heavy (non-hydrogen) atoms. The summed E-state index contributed by atoms with van der Waals surface area (Å²) in [4.78, 5) is 0.